The molecule has 1 saturated carbocycles. The fourth-order valence-electron chi connectivity index (χ4n) is 4.64. The van der Waals surface area contributed by atoms with Gasteiger partial charge >= 0.3 is 0 Å². The minimum absolute atomic E-state index is 0.0430. The zero-order chi connectivity index (χ0) is 24.0. The molecule has 34 heavy (non-hydrogen) atoms. The number of thioether (sulfide) groups is 1. The van der Waals surface area contributed by atoms with E-state index >= 15 is 0 Å². The quantitative estimate of drug-likeness (QED) is 0.384. The molecule has 2 aromatic carbocycles. The number of para-hydroxylation sites is 1. The van der Waals surface area contributed by atoms with Crippen molar-refractivity contribution < 1.29 is 13.2 Å². The third-order valence-electron chi connectivity index (χ3n) is 6.51. The average molecular weight is 498 g/mol. The molecule has 178 valence electrons. The van der Waals surface area contributed by atoms with E-state index in [1.807, 2.05) is 44.2 Å². The maximum atomic E-state index is 13.5. The predicted molar refractivity (Wildman–Crippen MR) is 134 cm³/mol. The highest BCUT2D eigenvalue weighted by atomic mass is 32.2. The zero-order valence-corrected chi connectivity index (χ0v) is 20.9. The average Bonchev–Trinajstić information content (AvgIpc) is 3.56. The molecule has 9 heteroatoms. The second kappa shape index (κ2) is 8.85. The molecule has 0 radical (unpaired) electrons. The molecule has 1 aliphatic heterocycles. The maximum Gasteiger partial charge on any atom is 0.266 e. The van der Waals surface area contributed by atoms with E-state index < -0.39 is 9.84 Å². The van der Waals surface area contributed by atoms with Gasteiger partial charge in [-0.2, -0.15) is 0 Å². The van der Waals surface area contributed by atoms with E-state index in [1.54, 1.807) is 21.6 Å². The number of amides is 1. The highest BCUT2D eigenvalue weighted by Crippen LogP contribution is 2.33. The van der Waals surface area contributed by atoms with E-state index in [0.29, 0.717) is 22.5 Å². The Labute approximate surface area is 203 Å². The van der Waals surface area contributed by atoms with Crippen molar-refractivity contribution in [2.24, 2.45) is 0 Å². The van der Waals surface area contributed by atoms with Crippen LogP contribution in [0.25, 0.3) is 16.6 Å². The van der Waals surface area contributed by atoms with Crippen LogP contribution < -0.4 is 5.56 Å². The number of carbonyl (C=O) groups excluding carboxylic acids is 1. The molecule has 1 amide bonds. The largest absolute Gasteiger partial charge is 0.335 e. The van der Waals surface area contributed by atoms with Gasteiger partial charge in [0, 0.05) is 12.1 Å². The van der Waals surface area contributed by atoms with Crippen molar-refractivity contribution in [2.75, 3.05) is 17.3 Å². The number of fused-ring (bicyclic) bond motifs is 1. The Balaban J connectivity index is 1.50. The van der Waals surface area contributed by atoms with Crippen LogP contribution >= 0.6 is 11.8 Å². The van der Waals surface area contributed by atoms with Gasteiger partial charge in [0.25, 0.3) is 5.56 Å². The first-order valence-corrected chi connectivity index (χ1v) is 14.3. The van der Waals surface area contributed by atoms with E-state index in [2.05, 4.69) is 0 Å². The van der Waals surface area contributed by atoms with Crippen LogP contribution in [-0.2, 0) is 14.6 Å². The highest BCUT2D eigenvalue weighted by molar-refractivity contribution is 7.99. The van der Waals surface area contributed by atoms with Gasteiger partial charge in [-0.05, 0) is 62.4 Å². The summed E-state index contributed by atoms with van der Waals surface area (Å²) >= 11 is 1.24. The topological polar surface area (TPSA) is 89.3 Å². The minimum atomic E-state index is -3.09. The Hall–Kier alpha value is -2.65. The van der Waals surface area contributed by atoms with Gasteiger partial charge in [0.15, 0.2) is 15.0 Å². The van der Waals surface area contributed by atoms with Gasteiger partial charge in [-0.3, -0.25) is 14.2 Å². The van der Waals surface area contributed by atoms with Crippen molar-refractivity contribution >= 4 is 38.4 Å². The molecule has 1 aliphatic carbocycles. The Morgan fingerprint density at radius 2 is 1.88 bits per heavy atom. The third-order valence-corrected chi connectivity index (χ3v) is 9.18. The summed E-state index contributed by atoms with van der Waals surface area (Å²) in [5, 5.41) is 0.982. The first-order valence-electron chi connectivity index (χ1n) is 11.5. The van der Waals surface area contributed by atoms with Gasteiger partial charge in [-0.15, -0.1) is 0 Å². The fourth-order valence-corrected chi connectivity index (χ4v) is 7.22. The first kappa shape index (κ1) is 23.1. The Morgan fingerprint density at radius 3 is 2.59 bits per heavy atom. The maximum absolute atomic E-state index is 13.5. The second-order valence-electron chi connectivity index (χ2n) is 9.22. The summed E-state index contributed by atoms with van der Waals surface area (Å²) in [6, 6.07) is 13.0. The van der Waals surface area contributed by atoms with E-state index in [9.17, 15) is 18.0 Å². The predicted octanol–water partition coefficient (Wildman–Crippen LogP) is 3.27. The van der Waals surface area contributed by atoms with Crippen LogP contribution in [0.3, 0.4) is 0 Å². The number of benzene rings is 2. The summed E-state index contributed by atoms with van der Waals surface area (Å²) in [7, 11) is -3.09. The van der Waals surface area contributed by atoms with E-state index in [1.165, 1.54) is 11.8 Å². The zero-order valence-electron chi connectivity index (χ0n) is 19.2. The molecule has 0 spiro atoms. The van der Waals surface area contributed by atoms with Crippen molar-refractivity contribution in [3.05, 3.63) is 63.9 Å². The molecule has 1 atom stereocenters. The molecular weight excluding hydrogens is 470 g/mol. The molecule has 0 bridgehead atoms. The van der Waals surface area contributed by atoms with Gasteiger partial charge in [0.05, 0.1) is 33.8 Å². The van der Waals surface area contributed by atoms with Crippen molar-refractivity contribution in [3.63, 3.8) is 0 Å². The summed E-state index contributed by atoms with van der Waals surface area (Å²) in [6.07, 6.45) is 2.32. The molecular formula is C25H27N3O4S2. The minimum Gasteiger partial charge on any atom is -0.335 e. The summed E-state index contributed by atoms with van der Waals surface area (Å²) < 4.78 is 25.6. The molecule has 3 aromatic rings. The lowest BCUT2D eigenvalue weighted by atomic mass is 10.1. The lowest BCUT2D eigenvalue weighted by Gasteiger charge is -2.28. The summed E-state index contributed by atoms with van der Waals surface area (Å²) in [4.78, 5) is 33.4. The summed E-state index contributed by atoms with van der Waals surface area (Å²) in [5.41, 5.74) is 3.13. The van der Waals surface area contributed by atoms with Crippen LogP contribution in [0, 0.1) is 13.8 Å². The standard InChI is InChI=1S/C25H27N3O4S2/c1-16-7-8-17(2)22(13-16)28-24(30)20-5-3-4-6-21(20)26-25(28)33-14-23(29)27(18-9-10-18)19-11-12-34(31,32)15-19/h3-8,13,18-19H,9-12,14-15H2,1-2H3. The van der Waals surface area contributed by atoms with Crippen LogP contribution in [0.2, 0.25) is 0 Å². The normalized spacial score (nSPS) is 19.4. The van der Waals surface area contributed by atoms with Crippen LogP contribution in [0.5, 0.6) is 0 Å². The van der Waals surface area contributed by atoms with E-state index in [-0.39, 0.29) is 40.8 Å². The van der Waals surface area contributed by atoms with Gasteiger partial charge < -0.3 is 4.90 Å². The fraction of sp³-hybridized carbons (Fsp3) is 0.400. The van der Waals surface area contributed by atoms with Crippen LogP contribution in [0.15, 0.2) is 52.4 Å². The number of nitrogens with zero attached hydrogens (tertiary/aromatic N) is 3. The first-order chi connectivity index (χ1) is 16.2. The SMILES string of the molecule is Cc1ccc(C)c(-n2c(SCC(=O)N(C3CC3)C3CCS(=O)(=O)C3)nc3ccccc3c2=O)c1. The monoisotopic (exact) mass is 497 g/mol. The van der Waals surface area contributed by atoms with Gasteiger partial charge in [0.1, 0.15) is 0 Å². The molecule has 1 aromatic heterocycles. The third kappa shape index (κ3) is 4.51. The van der Waals surface area contributed by atoms with Crippen LogP contribution in [-0.4, -0.2) is 58.1 Å². The number of sulfone groups is 1. The number of carbonyl (C=O) groups is 1. The molecule has 7 nitrogen and oxygen atoms in total. The smallest absolute Gasteiger partial charge is 0.266 e. The Kier molecular flexibility index (Phi) is 6.02. The van der Waals surface area contributed by atoms with Crippen LogP contribution in [0.1, 0.15) is 30.4 Å². The molecule has 2 heterocycles. The Morgan fingerprint density at radius 1 is 1.12 bits per heavy atom. The van der Waals surface area contributed by atoms with E-state index in [0.717, 1.165) is 29.7 Å². The Bertz CT molecular complexity index is 1440. The molecule has 0 N–H and O–H groups in total. The molecule has 5 rings (SSSR count). The number of hydrogen-bond donors (Lipinski definition) is 0. The molecule has 1 unspecified atom stereocenters. The van der Waals surface area contributed by atoms with Gasteiger partial charge in [0.2, 0.25) is 5.91 Å². The second-order valence-corrected chi connectivity index (χ2v) is 12.4. The summed E-state index contributed by atoms with van der Waals surface area (Å²) in [5.74, 6) is 0.188. The lowest BCUT2D eigenvalue weighted by Crippen LogP contribution is -2.43. The highest BCUT2D eigenvalue weighted by Gasteiger charge is 2.42. The van der Waals surface area contributed by atoms with Gasteiger partial charge in [-0.25, -0.2) is 13.4 Å². The lowest BCUT2D eigenvalue weighted by molar-refractivity contribution is -0.130. The van der Waals surface area contributed by atoms with Gasteiger partial charge in [-0.1, -0.05) is 36.0 Å². The molecule has 2 fully saturated rings. The number of aryl methyl sites for hydroxylation is 2. The number of hydrogen-bond acceptors (Lipinski definition) is 6. The number of aromatic nitrogens is 2. The van der Waals surface area contributed by atoms with E-state index in [4.69, 9.17) is 4.98 Å². The number of rotatable bonds is 6. The van der Waals surface area contributed by atoms with Crippen molar-refractivity contribution in [1.29, 1.82) is 0 Å². The molecule has 1 saturated heterocycles. The van der Waals surface area contributed by atoms with Crippen molar-refractivity contribution in [1.82, 2.24) is 14.5 Å². The van der Waals surface area contributed by atoms with Crippen LogP contribution in [0.4, 0.5) is 0 Å². The van der Waals surface area contributed by atoms with Crippen molar-refractivity contribution in [3.8, 4) is 5.69 Å². The van der Waals surface area contributed by atoms with Crippen molar-refractivity contribution in [2.45, 2.75) is 50.4 Å². The summed E-state index contributed by atoms with van der Waals surface area (Å²) in [6.45, 7) is 3.92. The molecule has 2 aliphatic rings.